The van der Waals surface area contributed by atoms with Gasteiger partial charge in [0.2, 0.25) is 0 Å². The van der Waals surface area contributed by atoms with Crippen LogP contribution in [-0.4, -0.2) is 23.3 Å². The molecule has 0 atom stereocenters. The quantitative estimate of drug-likeness (QED) is 0.728. The van der Waals surface area contributed by atoms with Crippen LogP contribution < -0.4 is 4.90 Å². The molecule has 3 nitrogen and oxygen atoms in total. The number of hydrogen-bond donors (Lipinski definition) is 2. The van der Waals surface area contributed by atoms with Crippen molar-refractivity contribution < 1.29 is 10.2 Å². The molecule has 0 radical (unpaired) electrons. The monoisotopic (exact) mass is 287 g/mol. The van der Waals surface area contributed by atoms with Crippen LogP contribution in [0.2, 0.25) is 0 Å². The summed E-state index contributed by atoms with van der Waals surface area (Å²) in [5, 5.41) is 22.3. The molecule has 2 N–H and O–H groups in total. The van der Waals surface area contributed by atoms with Crippen LogP contribution in [-0.2, 0) is 0 Å². The molecule has 0 heterocycles. The van der Waals surface area contributed by atoms with Crippen molar-refractivity contribution in [1.29, 1.82) is 0 Å². The minimum atomic E-state index is -0.0129. The number of benzene rings is 2. The summed E-state index contributed by atoms with van der Waals surface area (Å²) in [5.74, 6) is -0.0120. The van der Waals surface area contributed by atoms with Crippen molar-refractivity contribution in [2.45, 2.75) is 39.5 Å². The molecule has 0 bridgehead atoms. The van der Waals surface area contributed by atoms with Crippen LogP contribution in [0.1, 0.15) is 39.5 Å². The van der Waals surface area contributed by atoms with E-state index in [2.05, 4.69) is 18.7 Å². The van der Waals surface area contributed by atoms with Gasteiger partial charge in [-0.2, -0.15) is 0 Å². The van der Waals surface area contributed by atoms with E-state index in [4.69, 9.17) is 0 Å². The number of phenolic OH excluding ortho intramolecular Hbond substituents is 2. The van der Waals surface area contributed by atoms with Gasteiger partial charge in [0.25, 0.3) is 0 Å². The fourth-order valence-electron chi connectivity index (χ4n) is 2.59. The summed E-state index contributed by atoms with van der Waals surface area (Å²) in [5.41, 5.74) is 0.744. The van der Waals surface area contributed by atoms with Crippen molar-refractivity contribution >= 4 is 16.5 Å². The maximum absolute atomic E-state index is 10.4. The first-order chi connectivity index (χ1) is 10.2. The van der Waals surface area contributed by atoms with E-state index in [0.717, 1.165) is 49.8 Å². The van der Waals surface area contributed by atoms with Gasteiger partial charge in [-0.25, -0.2) is 0 Å². The molecular formula is C18H25NO2. The molecule has 3 heteroatoms. The first-order valence-corrected chi connectivity index (χ1v) is 7.87. The zero-order valence-corrected chi connectivity index (χ0v) is 13.0. The van der Waals surface area contributed by atoms with Crippen LogP contribution in [0, 0.1) is 0 Å². The Morgan fingerprint density at radius 3 is 2.14 bits per heavy atom. The van der Waals surface area contributed by atoms with Gasteiger partial charge in [-0.1, -0.05) is 51.0 Å². The second-order valence-corrected chi connectivity index (χ2v) is 5.51. The Hall–Kier alpha value is -1.90. The molecule has 0 aromatic heterocycles. The fraction of sp³-hybridized carbons (Fsp3) is 0.444. The van der Waals surface area contributed by atoms with E-state index >= 15 is 0 Å². The molecular weight excluding hydrogens is 262 g/mol. The normalized spacial score (nSPS) is 11.0. The highest BCUT2D eigenvalue weighted by Gasteiger charge is 2.16. The van der Waals surface area contributed by atoms with E-state index in [1.165, 1.54) is 0 Å². The molecule has 2 rings (SSSR count). The van der Waals surface area contributed by atoms with Gasteiger partial charge in [-0.15, -0.1) is 0 Å². The second-order valence-electron chi connectivity index (χ2n) is 5.51. The predicted octanol–water partition coefficient (Wildman–Crippen LogP) is 4.66. The standard InChI is InChI=1S/C18H25NO2/c1-3-5-11-19(12-6-4-2)16-13-14-9-7-8-10-15(14)17(20)18(16)21/h7-10,13,20-21H,3-6,11-12H2,1-2H3. The summed E-state index contributed by atoms with van der Waals surface area (Å²) >= 11 is 0. The van der Waals surface area contributed by atoms with Crippen molar-refractivity contribution in [3.8, 4) is 11.5 Å². The predicted molar refractivity (Wildman–Crippen MR) is 89.3 cm³/mol. The molecule has 0 saturated carbocycles. The Balaban J connectivity index is 2.43. The van der Waals surface area contributed by atoms with E-state index in [0.29, 0.717) is 5.39 Å². The van der Waals surface area contributed by atoms with Crippen molar-refractivity contribution in [1.82, 2.24) is 0 Å². The number of hydrogen-bond acceptors (Lipinski definition) is 3. The van der Waals surface area contributed by atoms with Crippen LogP contribution in [0.15, 0.2) is 30.3 Å². The van der Waals surface area contributed by atoms with Gasteiger partial charge in [-0.05, 0) is 24.3 Å². The molecule has 114 valence electrons. The number of aromatic hydroxyl groups is 2. The first-order valence-electron chi connectivity index (χ1n) is 7.87. The minimum Gasteiger partial charge on any atom is -0.504 e. The lowest BCUT2D eigenvalue weighted by Gasteiger charge is -2.26. The van der Waals surface area contributed by atoms with E-state index < -0.39 is 0 Å². The minimum absolute atomic E-state index is 0.000839. The van der Waals surface area contributed by atoms with Crippen molar-refractivity contribution in [3.63, 3.8) is 0 Å². The third kappa shape index (κ3) is 3.41. The molecule has 2 aromatic rings. The number of phenols is 2. The van der Waals surface area contributed by atoms with Gasteiger partial charge in [0, 0.05) is 18.5 Å². The average molecular weight is 287 g/mol. The lowest BCUT2D eigenvalue weighted by atomic mass is 10.1. The van der Waals surface area contributed by atoms with Gasteiger partial charge in [0.1, 0.15) is 0 Å². The van der Waals surface area contributed by atoms with Gasteiger partial charge in [0.15, 0.2) is 11.5 Å². The van der Waals surface area contributed by atoms with Crippen LogP contribution in [0.25, 0.3) is 10.8 Å². The summed E-state index contributed by atoms with van der Waals surface area (Å²) in [4.78, 5) is 2.19. The van der Waals surface area contributed by atoms with Gasteiger partial charge < -0.3 is 15.1 Å². The zero-order valence-electron chi connectivity index (χ0n) is 13.0. The van der Waals surface area contributed by atoms with E-state index in [1.807, 2.05) is 30.3 Å². The number of unbranched alkanes of at least 4 members (excludes halogenated alkanes) is 2. The van der Waals surface area contributed by atoms with Crippen LogP contribution in [0.4, 0.5) is 5.69 Å². The smallest absolute Gasteiger partial charge is 0.182 e. The molecule has 0 aliphatic heterocycles. The molecule has 0 aliphatic carbocycles. The Morgan fingerprint density at radius 2 is 1.52 bits per heavy atom. The van der Waals surface area contributed by atoms with E-state index in [1.54, 1.807) is 0 Å². The molecule has 0 spiro atoms. The third-order valence-electron chi connectivity index (χ3n) is 3.88. The van der Waals surface area contributed by atoms with Crippen LogP contribution >= 0.6 is 0 Å². The molecule has 0 saturated heterocycles. The molecule has 0 aliphatic rings. The zero-order chi connectivity index (χ0) is 15.2. The molecule has 21 heavy (non-hydrogen) atoms. The number of fused-ring (bicyclic) bond motifs is 1. The highest BCUT2D eigenvalue weighted by molar-refractivity contribution is 5.95. The highest BCUT2D eigenvalue weighted by atomic mass is 16.3. The molecule has 0 unspecified atom stereocenters. The van der Waals surface area contributed by atoms with E-state index in [-0.39, 0.29) is 11.5 Å². The molecule has 2 aromatic carbocycles. The summed E-state index contributed by atoms with van der Waals surface area (Å²) in [6, 6.07) is 9.60. The fourth-order valence-corrected chi connectivity index (χ4v) is 2.59. The highest BCUT2D eigenvalue weighted by Crippen LogP contribution is 2.42. The summed E-state index contributed by atoms with van der Waals surface area (Å²) in [6.07, 6.45) is 4.39. The Kier molecular flexibility index (Phi) is 5.32. The first kappa shape index (κ1) is 15.5. The average Bonchev–Trinajstić information content (AvgIpc) is 2.51. The lowest BCUT2D eigenvalue weighted by molar-refractivity contribution is 0.407. The van der Waals surface area contributed by atoms with Crippen molar-refractivity contribution in [2.24, 2.45) is 0 Å². The molecule has 0 fully saturated rings. The maximum Gasteiger partial charge on any atom is 0.182 e. The number of rotatable bonds is 7. The number of nitrogens with zero attached hydrogens (tertiary/aromatic N) is 1. The maximum atomic E-state index is 10.4. The van der Waals surface area contributed by atoms with Crippen molar-refractivity contribution in [2.75, 3.05) is 18.0 Å². The summed E-state index contributed by atoms with van der Waals surface area (Å²) < 4.78 is 0. The number of anilines is 1. The summed E-state index contributed by atoms with van der Waals surface area (Å²) in [6.45, 7) is 6.13. The van der Waals surface area contributed by atoms with Gasteiger partial charge in [-0.3, -0.25) is 0 Å². The lowest BCUT2D eigenvalue weighted by Crippen LogP contribution is -2.25. The second kappa shape index (κ2) is 7.21. The summed E-state index contributed by atoms with van der Waals surface area (Å²) in [7, 11) is 0. The van der Waals surface area contributed by atoms with Crippen LogP contribution in [0.3, 0.4) is 0 Å². The Labute approximate surface area is 126 Å². The largest absolute Gasteiger partial charge is 0.504 e. The van der Waals surface area contributed by atoms with Gasteiger partial charge >= 0.3 is 0 Å². The van der Waals surface area contributed by atoms with Crippen molar-refractivity contribution in [3.05, 3.63) is 30.3 Å². The third-order valence-corrected chi connectivity index (χ3v) is 3.88. The topological polar surface area (TPSA) is 43.7 Å². The SMILES string of the molecule is CCCCN(CCCC)c1cc2ccccc2c(O)c1O. The Bertz CT molecular complexity index is 587. The molecule has 0 amide bonds. The van der Waals surface area contributed by atoms with E-state index in [9.17, 15) is 10.2 Å². The van der Waals surface area contributed by atoms with Crippen LogP contribution in [0.5, 0.6) is 11.5 Å². The Morgan fingerprint density at radius 1 is 0.905 bits per heavy atom. The van der Waals surface area contributed by atoms with Gasteiger partial charge in [0.05, 0.1) is 5.69 Å².